The van der Waals surface area contributed by atoms with Crippen molar-refractivity contribution in [3.63, 3.8) is 0 Å². The predicted molar refractivity (Wildman–Crippen MR) is 95.6 cm³/mol. The minimum absolute atomic E-state index is 0.0650. The highest BCUT2D eigenvalue weighted by atomic mass is 16.5. The lowest BCUT2D eigenvalue weighted by Gasteiger charge is -2.25. The van der Waals surface area contributed by atoms with Gasteiger partial charge in [0.1, 0.15) is 0 Å². The fourth-order valence-electron chi connectivity index (χ4n) is 3.02. The molecular formula is C19H23N3O3. The van der Waals surface area contributed by atoms with Crippen molar-refractivity contribution in [2.45, 2.75) is 13.8 Å². The fraction of sp³-hybridized carbons (Fsp3) is 0.368. The van der Waals surface area contributed by atoms with E-state index >= 15 is 0 Å². The monoisotopic (exact) mass is 341 g/mol. The number of rotatable bonds is 5. The maximum Gasteiger partial charge on any atom is 0.270 e. The Morgan fingerprint density at radius 3 is 2.48 bits per heavy atom. The minimum atomic E-state index is -0.199. The second-order valence-corrected chi connectivity index (χ2v) is 6.24. The van der Waals surface area contributed by atoms with E-state index in [-0.39, 0.29) is 11.7 Å². The molecule has 2 heterocycles. The third-order valence-corrected chi connectivity index (χ3v) is 4.45. The number of carbonyl (C=O) groups excluding carboxylic acids is 2. The number of amides is 1. The van der Waals surface area contributed by atoms with E-state index in [9.17, 15) is 9.59 Å². The highest BCUT2D eigenvalue weighted by Gasteiger charge is 2.20. The highest BCUT2D eigenvalue weighted by Crippen LogP contribution is 2.16. The summed E-state index contributed by atoms with van der Waals surface area (Å²) in [7, 11) is 0. The molecule has 1 amide bonds. The second-order valence-electron chi connectivity index (χ2n) is 6.24. The van der Waals surface area contributed by atoms with Gasteiger partial charge in [-0.3, -0.25) is 24.6 Å². The van der Waals surface area contributed by atoms with Gasteiger partial charge in [-0.2, -0.15) is 0 Å². The molecule has 1 aromatic heterocycles. The molecule has 2 aromatic rings. The number of ketones is 1. The van der Waals surface area contributed by atoms with Gasteiger partial charge in [0.05, 0.1) is 19.8 Å². The Labute approximate surface area is 147 Å². The van der Waals surface area contributed by atoms with E-state index in [1.807, 2.05) is 38.1 Å². The van der Waals surface area contributed by atoms with Crippen molar-refractivity contribution >= 4 is 11.7 Å². The van der Waals surface area contributed by atoms with Gasteiger partial charge < -0.3 is 4.74 Å². The summed E-state index contributed by atoms with van der Waals surface area (Å²) in [4.78, 5) is 27.1. The molecule has 0 aliphatic carbocycles. The highest BCUT2D eigenvalue weighted by molar-refractivity contribution is 6.01. The lowest BCUT2D eigenvalue weighted by molar-refractivity contribution is 0.0371. The summed E-state index contributed by atoms with van der Waals surface area (Å²) in [6.07, 6.45) is 0. The lowest BCUT2D eigenvalue weighted by atomic mass is 10.1. The molecule has 0 atom stereocenters. The zero-order chi connectivity index (χ0) is 17.8. The van der Waals surface area contributed by atoms with Crippen molar-refractivity contribution < 1.29 is 14.3 Å². The van der Waals surface area contributed by atoms with Crippen LogP contribution in [0.2, 0.25) is 0 Å². The first kappa shape index (κ1) is 17.4. The Hall–Kier alpha value is -2.44. The van der Waals surface area contributed by atoms with E-state index in [2.05, 4.69) is 10.3 Å². The molecule has 1 fully saturated rings. The largest absolute Gasteiger partial charge is 0.379 e. The smallest absolute Gasteiger partial charge is 0.270 e. The summed E-state index contributed by atoms with van der Waals surface area (Å²) in [5, 5.41) is 0. The van der Waals surface area contributed by atoms with Gasteiger partial charge in [-0.05, 0) is 32.0 Å². The maximum absolute atomic E-state index is 12.6. The predicted octanol–water partition coefficient (Wildman–Crippen LogP) is 2.00. The van der Waals surface area contributed by atoms with Crippen LogP contribution in [0, 0.1) is 13.8 Å². The van der Waals surface area contributed by atoms with E-state index < -0.39 is 0 Å². The standard InChI is InChI=1S/C19H23N3O3/c1-14-12-17(18(23)13-21-8-10-25-11-9-21)15(2)22(14)20-19(24)16-6-4-3-5-7-16/h3-7,12H,8-11,13H2,1-2H3,(H,20,24). The van der Waals surface area contributed by atoms with E-state index in [0.29, 0.717) is 30.9 Å². The first-order chi connectivity index (χ1) is 12.1. The first-order valence-electron chi connectivity index (χ1n) is 8.45. The number of aromatic nitrogens is 1. The number of Topliss-reactive ketones (excluding diaryl/α,β-unsaturated/α-hetero) is 1. The van der Waals surface area contributed by atoms with Crippen molar-refractivity contribution in [2.24, 2.45) is 0 Å². The van der Waals surface area contributed by atoms with E-state index in [1.54, 1.807) is 16.8 Å². The number of ether oxygens (including phenoxy) is 1. The Morgan fingerprint density at radius 1 is 1.12 bits per heavy atom. The van der Waals surface area contributed by atoms with Gasteiger partial charge in [0.15, 0.2) is 5.78 Å². The van der Waals surface area contributed by atoms with E-state index in [4.69, 9.17) is 4.74 Å². The summed E-state index contributed by atoms with van der Waals surface area (Å²) in [5.74, 6) is -0.134. The third-order valence-electron chi connectivity index (χ3n) is 4.45. The molecule has 25 heavy (non-hydrogen) atoms. The molecule has 1 aliphatic heterocycles. The molecule has 1 aliphatic rings. The van der Waals surface area contributed by atoms with Crippen LogP contribution in [0.4, 0.5) is 0 Å². The molecular weight excluding hydrogens is 318 g/mol. The van der Waals surface area contributed by atoms with Gasteiger partial charge in [-0.15, -0.1) is 0 Å². The van der Waals surface area contributed by atoms with Crippen molar-refractivity contribution in [3.05, 3.63) is 58.9 Å². The molecule has 3 rings (SSSR count). The van der Waals surface area contributed by atoms with Crippen LogP contribution in [0.25, 0.3) is 0 Å². The quantitative estimate of drug-likeness (QED) is 0.845. The average molecular weight is 341 g/mol. The van der Waals surface area contributed by atoms with Crippen LogP contribution in [0.1, 0.15) is 32.1 Å². The number of nitrogens with zero attached hydrogens (tertiary/aromatic N) is 2. The van der Waals surface area contributed by atoms with Gasteiger partial charge >= 0.3 is 0 Å². The van der Waals surface area contributed by atoms with Crippen molar-refractivity contribution in [1.82, 2.24) is 9.58 Å². The number of morpholine rings is 1. The molecule has 1 saturated heterocycles. The Morgan fingerprint density at radius 2 is 1.80 bits per heavy atom. The van der Waals surface area contributed by atoms with Gasteiger partial charge in [-0.1, -0.05) is 18.2 Å². The van der Waals surface area contributed by atoms with Crippen LogP contribution in [-0.4, -0.2) is 54.1 Å². The van der Waals surface area contributed by atoms with Crippen LogP contribution in [0.5, 0.6) is 0 Å². The zero-order valence-electron chi connectivity index (χ0n) is 14.6. The average Bonchev–Trinajstić information content (AvgIpc) is 2.91. The van der Waals surface area contributed by atoms with Gasteiger partial charge in [-0.25, -0.2) is 0 Å². The van der Waals surface area contributed by atoms with E-state index in [0.717, 1.165) is 24.5 Å². The fourth-order valence-corrected chi connectivity index (χ4v) is 3.02. The Bertz CT molecular complexity index is 762. The molecule has 1 aromatic carbocycles. The first-order valence-corrected chi connectivity index (χ1v) is 8.45. The van der Waals surface area contributed by atoms with E-state index in [1.165, 1.54) is 0 Å². The molecule has 0 spiro atoms. The van der Waals surface area contributed by atoms with Crippen LogP contribution >= 0.6 is 0 Å². The summed E-state index contributed by atoms with van der Waals surface area (Å²) in [5.41, 5.74) is 5.67. The van der Waals surface area contributed by atoms with Gasteiger partial charge in [0.25, 0.3) is 5.91 Å². The Kier molecular flexibility index (Phi) is 5.31. The molecule has 0 bridgehead atoms. The van der Waals surface area contributed by atoms with Crippen molar-refractivity contribution in [1.29, 1.82) is 0 Å². The summed E-state index contributed by atoms with van der Waals surface area (Å²) in [6, 6.07) is 10.9. The third kappa shape index (κ3) is 3.97. The molecule has 0 unspecified atom stereocenters. The summed E-state index contributed by atoms with van der Waals surface area (Å²) < 4.78 is 7.00. The maximum atomic E-state index is 12.6. The summed E-state index contributed by atoms with van der Waals surface area (Å²) in [6.45, 7) is 6.98. The molecule has 132 valence electrons. The lowest BCUT2D eigenvalue weighted by Crippen LogP contribution is -2.39. The number of aryl methyl sites for hydroxylation is 1. The van der Waals surface area contributed by atoms with Crippen molar-refractivity contribution in [2.75, 3.05) is 38.3 Å². The van der Waals surface area contributed by atoms with Crippen LogP contribution in [0.3, 0.4) is 0 Å². The van der Waals surface area contributed by atoms with Gasteiger partial charge in [0.2, 0.25) is 0 Å². The number of hydrogen-bond acceptors (Lipinski definition) is 4. The van der Waals surface area contributed by atoms with Crippen LogP contribution in [-0.2, 0) is 4.74 Å². The molecule has 6 nitrogen and oxygen atoms in total. The molecule has 6 heteroatoms. The Balaban J connectivity index is 1.74. The van der Waals surface area contributed by atoms with Crippen molar-refractivity contribution in [3.8, 4) is 0 Å². The topological polar surface area (TPSA) is 63.6 Å². The number of hydrogen-bond donors (Lipinski definition) is 1. The molecule has 0 saturated carbocycles. The molecule has 1 N–H and O–H groups in total. The number of nitrogens with one attached hydrogen (secondary N) is 1. The second kappa shape index (κ2) is 7.63. The normalized spacial score (nSPS) is 15.1. The number of benzene rings is 1. The van der Waals surface area contributed by atoms with Gasteiger partial charge in [0, 0.05) is 35.6 Å². The molecule has 0 radical (unpaired) electrons. The zero-order valence-corrected chi connectivity index (χ0v) is 14.6. The van der Waals surface area contributed by atoms with Crippen LogP contribution < -0.4 is 5.43 Å². The summed E-state index contributed by atoms with van der Waals surface area (Å²) >= 11 is 0. The van der Waals surface area contributed by atoms with Crippen LogP contribution in [0.15, 0.2) is 36.4 Å². The number of carbonyl (C=O) groups is 2. The SMILES string of the molecule is Cc1cc(C(=O)CN2CCOCC2)c(C)n1NC(=O)c1ccccc1. The minimum Gasteiger partial charge on any atom is -0.379 e.